The second-order valence-corrected chi connectivity index (χ2v) is 3.00. The number of hydrogen-bond acceptors (Lipinski definition) is 4. The van der Waals surface area contributed by atoms with Gasteiger partial charge in [0.2, 0.25) is 0 Å². The standard InChI is InChI=1S/C10H20O4/c1-3-4-5-6-7-13-10(11)14-9-8-12-2/h3-9H2,1-2H3. The van der Waals surface area contributed by atoms with E-state index in [1.165, 1.54) is 12.8 Å². The zero-order chi connectivity index (χ0) is 10.6. The molecule has 0 heterocycles. The monoisotopic (exact) mass is 204 g/mol. The normalized spacial score (nSPS) is 9.86. The maximum atomic E-state index is 10.9. The summed E-state index contributed by atoms with van der Waals surface area (Å²) in [7, 11) is 1.56. The lowest BCUT2D eigenvalue weighted by Gasteiger charge is -2.05. The third-order valence-corrected chi connectivity index (χ3v) is 1.73. The van der Waals surface area contributed by atoms with Gasteiger partial charge in [0.15, 0.2) is 0 Å². The van der Waals surface area contributed by atoms with Crippen LogP contribution in [0.5, 0.6) is 0 Å². The molecule has 0 aromatic carbocycles. The van der Waals surface area contributed by atoms with Crippen LogP contribution in [0.1, 0.15) is 32.6 Å². The van der Waals surface area contributed by atoms with E-state index in [1.54, 1.807) is 7.11 Å². The zero-order valence-corrected chi connectivity index (χ0v) is 9.08. The topological polar surface area (TPSA) is 44.8 Å². The van der Waals surface area contributed by atoms with E-state index in [2.05, 4.69) is 6.92 Å². The smallest absolute Gasteiger partial charge is 0.434 e. The van der Waals surface area contributed by atoms with E-state index < -0.39 is 6.16 Å². The van der Waals surface area contributed by atoms with Crippen LogP contribution in [0.15, 0.2) is 0 Å². The quantitative estimate of drug-likeness (QED) is 0.449. The predicted molar refractivity (Wildman–Crippen MR) is 53.3 cm³/mol. The van der Waals surface area contributed by atoms with Gasteiger partial charge in [0.1, 0.15) is 6.61 Å². The van der Waals surface area contributed by atoms with E-state index in [0.717, 1.165) is 12.8 Å². The lowest BCUT2D eigenvalue weighted by atomic mass is 10.2. The number of hydrogen-bond donors (Lipinski definition) is 0. The Morgan fingerprint density at radius 3 is 2.36 bits per heavy atom. The summed E-state index contributed by atoms with van der Waals surface area (Å²) in [6.45, 7) is 3.25. The molecule has 0 aromatic heterocycles. The highest BCUT2D eigenvalue weighted by atomic mass is 16.7. The van der Waals surface area contributed by atoms with Gasteiger partial charge >= 0.3 is 6.16 Å². The highest BCUT2D eigenvalue weighted by Crippen LogP contribution is 1.99. The van der Waals surface area contributed by atoms with Crippen LogP contribution in [0.2, 0.25) is 0 Å². The number of carbonyl (C=O) groups excluding carboxylic acids is 1. The lowest BCUT2D eigenvalue weighted by molar-refractivity contribution is 0.0357. The highest BCUT2D eigenvalue weighted by molar-refractivity contribution is 5.59. The minimum Gasteiger partial charge on any atom is -0.434 e. The van der Waals surface area contributed by atoms with Crippen molar-refractivity contribution in [3.8, 4) is 0 Å². The van der Waals surface area contributed by atoms with Gasteiger partial charge in [0.05, 0.1) is 13.2 Å². The molecule has 0 aliphatic heterocycles. The molecule has 0 aliphatic carbocycles. The van der Waals surface area contributed by atoms with E-state index in [9.17, 15) is 4.79 Å². The second-order valence-electron chi connectivity index (χ2n) is 3.00. The van der Waals surface area contributed by atoms with Crippen molar-refractivity contribution in [1.29, 1.82) is 0 Å². The van der Waals surface area contributed by atoms with Gasteiger partial charge in [-0.05, 0) is 6.42 Å². The molecule has 84 valence electrons. The fourth-order valence-electron chi connectivity index (χ4n) is 0.934. The van der Waals surface area contributed by atoms with Gasteiger partial charge in [0.25, 0.3) is 0 Å². The van der Waals surface area contributed by atoms with Gasteiger partial charge in [-0.15, -0.1) is 0 Å². The molecule has 0 fully saturated rings. The molecule has 0 aromatic rings. The summed E-state index contributed by atoms with van der Waals surface area (Å²) in [5.74, 6) is 0. The predicted octanol–water partition coefficient (Wildman–Crippen LogP) is 2.37. The second kappa shape index (κ2) is 10.3. The van der Waals surface area contributed by atoms with Crippen molar-refractivity contribution in [2.45, 2.75) is 32.6 Å². The maximum absolute atomic E-state index is 10.9. The van der Waals surface area contributed by atoms with Gasteiger partial charge in [-0.25, -0.2) is 4.79 Å². The Morgan fingerprint density at radius 1 is 1.00 bits per heavy atom. The largest absolute Gasteiger partial charge is 0.508 e. The third-order valence-electron chi connectivity index (χ3n) is 1.73. The fourth-order valence-corrected chi connectivity index (χ4v) is 0.934. The number of unbranched alkanes of at least 4 members (excludes halogenated alkanes) is 3. The fraction of sp³-hybridized carbons (Fsp3) is 0.900. The summed E-state index contributed by atoms with van der Waals surface area (Å²) in [6.07, 6.45) is 3.77. The van der Waals surface area contributed by atoms with Crippen LogP contribution < -0.4 is 0 Å². The van der Waals surface area contributed by atoms with Gasteiger partial charge < -0.3 is 14.2 Å². The number of methoxy groups -OCH3 is 1. The Morgan fingerprint density at radius 2 is 1.71 bits per heavy atom. The summed E-state index contributed by atoms with van der Waals surface area (Å²) < 4.78 is 14.2. The number of carbonyl (C=O) groups is 1. The Hall–Kier alpha value is -0.770. The average molecular weight is 204 g/mol. The number of rotatable bonds is 8. The van der Waals surface area contributed by atoms with Crippen LogP contribution in [0.25, 0.3) is 0 Å². The highest BCUT2D eigenvalue weighted by Gasteiger charge is 2.01. The Labute approximate surface area is 85.5 Å². The molecule has 0 unspecified atom stereocenters. The summed E-state index contributed by atoms with van der Waals surface area (Å²) in [6, 6.07) is 0. The van der Waals surface area contributed by atoms with Crippen molar-refractivity contribution in [2.24, 2.45) is 0 Å². The van der Waals surface area contributed by atoms with Gasteiger partial charge in [-0.1, -0.05) is 26.2 Å². The first-order chi connectivity index (χ1) is 6.81. The summed E-state index contributed by atoms with van der Waals surface area (Å²) in [5.41, 5.74) is 0. The molecule has 0 atom stereocenters. The van der Waals surface area contributed by atoms with E-state index in [4.69, 9.17) is 14.2 Å². The van der Waals surface area contributed by atoms with Crippen molar-refractivity contribution in [3.05, 3.63) is 0 Å². The van der Waals surface area contributed by atoms with E-state index in [-0.39, 0.29) is 6.61 Å². The summed E-state index contributed by atoms with van der Waals surface area (Å²) in [5, 5.41) is 0. The third kappa shape index (κ3) is 9.32. The van der Waals surface area contributed by atoms with Crippen molar-refractivity contribution in [2.75, 3.05) is 26.9 Å². The van der Waals surface area contributed by atoms with Gasteiger partial charge in [0, 0.05) is 7.11 Å². The first kappa shape index (κ1) is 13.2. The minimum atomic E-state index is -0.599. The van der Waals surface area contributed by atoms with Crippen LogP contribution in [-0.4, -0.2) is 33.1 Å². The molecule has 0 bridgehead atoms. The molecule has 0 N–H and O–H groups in total. The molecule has 4 heteroatoms. The van der Waals surface area contributed by atoms with Crippen LogP contribution in [-0.2, 0) is 14.2 Å². The Kier molecular flexibility index (Phi) is 9.74. The molecule has 0 rings (SSSR count). The minimum absolute atomic E-state index is 0.254. The molecule has 4 nitrogen and oxygen atoms in total. The molecular weight excluding hydrogens is 184 g/mol. The van der Waals surface area contributed by atoms with Crippen LogP contribution in [0, 0.1) is 0 Å². The van der Waals surface area contributed by atoms with Crippen LogP contribution in [0.4, 0.5) is 4.79 Å². The zero-order valence-electron chi connectivity index (χ0n) is 9.08. The summed E-state index contributed by atoms with van der Waals surface area (Å²) in [4.78, 5) is 10.9. The molecule has 0 aliphatic rings. The molecule has 0 saturated carbocycles. The maximum Gasteiger partial charge on any atom is 0.508 e. The van der Waals surface area contributed by atoms with Crippen molar-refractivity contribution < 1.29 is 19.0 Å². The average Bonchev–Trinajstić information content (AvgIpc) is 2.18. The number of ether oxygens (including phenoxy) is 3. The van der Waals surface area contributed by atoms with Crippen molar-refractivity contribution in [1.82, 2.24) is 0 Å². The van der Waals surface area contributed by atoms with E-state index in [1.807, 2.05) is 0 Å². The van der Waals surface area contributed by atoms with Gasteiger partial charge in [-0.3, -0.25) is 0 Å². The van der Waals surface area contributed by atoms with Crippen molar-refractivity contribution >= 4 is 6.16 Å². The first-order valence-corrected chi connectivity index (χ1v) is 5.09. The van der Waals surface area contributed by atoms with E-state index in [0.29, 0.717) is 13.2 Å². The van der Waals surface area contributed by atoms with Crippen LogP contribution >= 0.6 is 0 Å². The van der Waals surface area contributed by atoms with Crippen molar-refractivity contribution in [3.63, 3.8) is 0 Å². The molecule has 14 heavy (non-hydrogen) atoms. The van der Waals surface area contributed by atoms with Crippen LogP contribution in [0.3, 0.4) is 0 Å². The molecule has 0 spiro atoms. The Balaban J connectivity index is 3.10. The van der Waals surface area contributed by atoms with Gasteiger partial charge in [-0.2, -0.15) is 0 Å². The molecule has 0 saturated heterocycles. The molecule has 0 amide bonds. The summed E-state index contributed by atoms with van der Waals surface area (Å²) >= 11 is 0. The van der Waals surface area contributed by atoms with E-state index >= 15 is 0 Å². The molecular formula is C10H20O4. The lowest BCUT2D eigenvalue weighted by Crippen LogP contribution is -2.12. The first-order valence-electron chi connectivity index (χ1n) is 5.09. The SMILES string of the molecule is CCCCCCOC(=O)OCCOC. The Bertz CT molecular complexity index is 136. The molecule has 0 radical (unpaired) electrons.